The lowest BCUT2D eigenvalue weighted by atomic mass is 10.2. The van der Waals surface area contributed by atoms with E-state index in [9.17, 15) is 0 Å². The summed E-state index contributed by atoms with van der Waals surface area (Å²) in [4.78, 5) is 4.22. The van der Waals surface area contributed by atoms with Crippen LogP contribution in [-0.2, 0) is 0 Å². The van der Waals surface area contributed by atoms with Gasteiger partial charge in [-0.2, -0.15) is 10.2 Å². The number of halogens is 1. The van der Waals surface area contributed by atoms with Crippen LogP contribution in [-0.4, -0.2) is 29.8 Å². The highest BCUT2D eigenvalue weighted by atomic mass is 35.5. The summed E-state index contributed by atoms with van der Waals surface area (Å²) in [5, 5.41) is 16.9. The second-order valence-corrected chi connectivity index (χ2v) is 4.72. The Morgan fingerprint density at radius 2 is 1.79 bits per heavy atom. The van der Waals surface area contributed by atoms with Crippen LogP contribution in [0.4, 0.5) is 0 Å². The standard InChI is InChI=1S/C12H11ClN6/c1-6-4-9(7(2)16-15-6)12-18-17-11-5-10(13)14-8(3)19(11)12/h4-5H,1-3H3. The van der Waals surface area contributed by atoms with Crippen molar-refractivity contribution in [1.29, 1.82) is 0 Å². The van der Waals surface area contributed by atoms with Gasteiger partial charge < -0.3 is 0 Å². The van der Waals surface area contributed by atoms with Crippen LogP contribution in [0.25, 0.3) is 17.0 Å². The Balaban J connectivity index is 2.34. The van der Waals surface area contributed by atoms with E-state index in [1.807, 2.05) is 31.2 Å². The second-order valence-electron chi connectivity index (χ2n) is 4.33. The van der Waals surface area contributed by atoms with E-state index in [1.165, 1.54) is 0 Å². The molecule has 96 valence electrons. The molecular formula is C12H11ClN6. The van der Waals surface area contributed by atoms with E-state index in [4.69, 9.17) is 11.6 Å². The van der Waals surface area contributed by atoms with Crippen LogP contribution in [0, 0.1) is 20.8 Å². The average molecular weight is 275 g/mol. The number of hydrogen-bond acceptors (Lipinski definition) is 5. The van der Waals surface area contributed by atoms with Gasteiger partial charge in [-0.3, -0.25) is 4.40 Å². The highest BCUT2D eigenvalue weighted by Crippen LogP contribution is 2.23. The van der Waals surface area contributed by atoms with Gasteiger partial charge >= 0.3 is 0 Å². The fraction of sp³-hybridized carbons (Fsp3) is 0.250. The molecule has 0 amide bonds. The van der Waals surface area contributed by atoms with Crippen LogP contribution < -0.4 is 0 Å². The molecule has 6 nitrogen and oxygen atoms in total. The Kier molecular flexibility index (Phi) is 2.67. The number of fused-ring (bicyclic) bond motifs is 1. The van der Waals surface area contributed by atoms with Crippen LogP contribution in [0.1, 0.15) is 17.2 Å². The van der Waals surface area contributed by atoms with Crippen molar-refractivity contribution in [3.63, 3.8) is 0 Å². The number of aromatic nitrogens is 6. The van der Waals surface area contributed by atoms with Gasteiger partial charge in [0.15, 0.2) is 11.5 Å². The largest absolute Gasteiger partial charge is 0.263 e. The van der Waals surface area contributed by atoms with Gasteiger partial charge in [-0.25, -0.2) is 4.98 Å². The first-order chi connectivity index (χ1) is 9.06. The molecule has 0 unspecified atom stereocenters. The summed E-state index contributed by atoms with van der Waals surface area (Å²) < 4.78 is 1.86. The van der Waals surface area contributed by atoms with Crippen molar-refractivity contribution < 1.29 is 0 Å². The minimum Gasteiger partial charge on any atom is -0.263 e. The Morgan fingerprint density at radius 1 is 1.00 bits per heavy atom. The van der Waals surface area contributed by atoms with E-state index in [-0.39, 0.29) is 0 Å². The molecule has 0 bridgehead atoms. The zero-order valence-corrected chi connectivity index (χ0v) is 11.5. The summed E-state index contributed by atoms with van der Waals surface area (Å²) in [6.45, 7) is 5.64. The van der Waals surface area contributed by atoms with Crippen molar-refractivity contribution >= 4 is 17.2 Å². The molecule has 0 atom stereocenters. The molecule has 0 aliphatic heterocycles. The van der Waals surface area contributed by atoms with Gasteiger partial charge in [-0.1, -0.05) is 11.6 Å². The second kappa shape index (κ2) is 4.24. The van der Waals surface area contributed by atoms with Crippen molar-refractivity contribution in [3.05, 3.63) is 34.5 Å². The smallest absolute Gasteiger partial charge is 0.171 e. The van der Waals surface area contributed by atoms with E-state index >= 15 is 0 Å². The molecule has 0 spiro atoms. The van der Waals surface area contributed by atoms with E-state index in [0.717, 1.165) is 22.8 Å². The zero-order chi connectivity index (χ0) is 13.6. The van der Waals surface area contributed by atoms with E-state index in [2.05, 4.69) is 25.4 Å². The lowest BCUT2D eigenvalue weighted by molar-refractivity contribution is 0.928. The van der Waals surface area contributed by atoms with Crippen LogP contribution in [0.5, 0.6) is 0 Å². The fourth-order valence-corrected chi connectivity index (χ4v) is 2.22. The molecule has 0 N–H and O–H groups in total. The number of hydrogen-bond donors (Lipinski definition) is 0. The predicted octanol–water partition coefficient (Wildman–Crippen LogP) is 2.16. The topological polar surface area (TPSA) is 68.9 Å². The maximum absolute atomic E-state index is 5.92. The van der Waals surface area contributed by atoms with E-state index in [1.54, 1.807) is 6.07 Å². The Morgan fingerprint density at radius 3 is 2.58 bits per heavy atom. The van der Waals surface area contributed by atoms with Crippen LogP contribution >= 0.6 is 11.6 Å². The number of rotatable bonds is 1. The van der Waals surface area contributed by atoms with Crippen molar-refractivity contribution in [2.45, 2.75) is 20.8 Å². The molecule has 0 saturated carbocycles. The maximum atomic E-state index is 5.92. The predicted molar refractivity (Wildman–Crippen MR) is 71.0 cm³/mol. The maximum Gasteiger partial charge on any atom is 0.171 e. The molecule has 0 saturated heterocycles. The average Bonchev–Trinajstić information content (AvgIpc) is 2.76. The summed E-state index contributed by atoms with van der Waals surface area (Å²) >= 11 is 5.92. The molecule has 3 rings (SSSR count). The molecule has 19 heavy (non-hydrogen) atoms. The Hall–Kier alpha value is -2.08. The minimum absolute atomic E-state index is 0.407. The van der Waals surface area contributed by atoms with Gasteiger partial charge in [0, 0.05) is 11.6 Å². The molecule has 7 heteroatoms. The Bertz CT molecular complexity index is 779. The summed E-state index contributed by atoms with van der Waals surface area (Å²) in [6.07, 6.45) is 0. The van der Waals surface area contributed by atoms with Gasteiger partial charge in [-0.05, 0) is 26.8 Å². The molecule has 0 fully saturated rings. The van der Waals surface area contributed by atoms with Gasteiger partial charge in [0.1, 0.15) is 11.0 Å². The molecule has 3 aromatic rings. The fourth-order valence-electron chi connectivity index (χ4n) is 2.00. The highest BCUT2D eigenvalue weighted by molar-refractivity contribution is 6.29. The third-order valence-electron chi connectivity index (χ3n) is 2.87. The molecular weight excluding hydrogens is 264 g/mol. The van der Waals surface area contributed by atoms with Crippen LogP contribution in [0.2, 0.25) is 5.15 Å². The number of aryl methyl sites for hydroxylation is 3. The SMILES string of the molecule is Cc1cc(-c2nnc3cc(Cl)nc(C)n23)c(C)nn1. The molecule has 3 aromatic heterocycles. The first-order valence-corrected chi connectivity index (χ1v) is 6.13. The van der Waals surface area contributed by atoms with Crippen LogP contribution in [0.15, 0.2) is 12.1 Å². The van der Waals surface area contributed by atoms with Crippen molar-refractivity contribution in [2.24, 2.45) is 0 Å². The molecule has 0 radical (unpaired) electrons. The Labute approximate surface area is 114 Å². The van der Waals surface area contributed by atoms with Gasteiger partial charge in [-0.15, -0.1) is 10.2 Å². The van der Waals surface area contributed by atoms with E-state index in [0.29, 0.717) is 16.6 Å². The van der Waals surface area contributed by atoms with E-state index < -0.39 is 0 Å². The number of nitrogens with zero attached hydrogens (tertiary/aromatic N) is 6. The van der Waals surface area contributed by atoms with Gasteiger partial charge in [0.05, 0.1) is 11.4 Å². The van der Waals surface area contributed by atoms with Gasteiger partial charge in [0.25, 0.3) is 0 Å². The first-order valence-electron chi connectivity index (χ1n) is 5.76. The van der Waals surface area contributed by atoms with Crippen molar-refractivity contribution in [2.75, 3.05) is 0 Å². The van der Waals surface area contributed by atoms with Crippen LogP contribution in [0.3, 0.4) is 0 Å². The summed E-state index contributed by atoms with van der Waals surface area (Å²) in [6, 6.07) is 3.62. The molecule has 3 heterocycles. The third kappa shape index (κ3) is 1.94. The highest BCUT2D eigenvalue weighted by Gasteiger charge is 2.14. The lowest BCUT2D eigenvalue weighted by Crippen LogP contribution is -2.01. The van der Waals surface area contributed by atoms with Crippen molar-refractivity contribution in [1.82, 2.24) is 29.8 Å². The first kappa shape index (κ1) is 12.0. The van der Waals surface area contributed by atoms with Crippen molar-refractivity contribution in [3.8, 4) is 11.4 Å². The zero-order valence-electron chi connectivity index (χ0n) is 10.7. The summed E-state index contributed by atoms with van der Waals surface area (Å²) in [5.74, 6) is 1.43. The van der Waals surface area contributed by atoms with Gasteiger partial charge in [0.2, 0.25) is 0 Å². The minimum atomic E-state index is 0.407. The molecule has 0 aliphatic rings. The molecule has 0 aromatic carbocycles. The monoisotopic (exact) mass is 274 g/mol. The summed E-state index contributed by atoms with van der Waals surface area (Å²) in [7, 11) is 0. The summed E-state index contributed by atoms with van der Waals surface area (Å²) in [5.41, 5.74) is 3.19. The normalized spacial score (nSPS) is 11.2. The third-order valence-corrected chi connectivity index (χ3v) is 3.06. The molecule has 0 aliphatic carbocycles. The lowest BCUT2D eigenvalue weighted by Gasteiger charge is -2.06. The quantitative estimate of drug-likeness (QED) is 0.636.